The summed E-state index contributed by atoms with van der Waals surface area (Å²) in [6.07, 6.45) is 0. The average Bonchev–Trinajstić information content (AvgIpc) is 2.39. The van der Waals surface area contributed by atoms with Crippen molar-refractivity contribution in [3.63, 3.8) is 0 Å². The Hall–Kier alpha value is -1.12. The molecule has 0 atom stereocenters. The van der Waals surface area contributed by atoms with Crippen LogP contribution in [0, 0.1) is 0 Å². The number of hydrogen-bond donors (Lipinski definition) is 1. The lowest BCUT2D eigenvalue weighted by Crippen LogP contribution is -2.27. The molecule has 0 radical (unpaired) electrons. The van der Waals surface area contributed by atoms with Crippen LogP contribution in [0.3, 0.4) is 0 Å². The van der Waals surface area contributed by atoms with E-state index in [0.29, 0.717) is 33.9 Å². The van der Waals surface area contributed by atoms with E-state index in [2.05, 4.69) is 5.32 Å². The minimum atomic E-state index is -3.55. The standard InChI is InChI=1S/C13H18N2O3S3/c1-4-15(5-2)13(19)20-21(17,18)12-8-6-11(7-9-12)14-10(3)16/h6-9H,4-5H2,1-3H3,(H,14,16). The van der Waals surface area contributed by atoms with Gasteiger partial charge >= 0.3 is 0 Å². The summed E-state index contributed by atoms with van der Waals surface area (Å²) < 4.78 is 24.9. The fraction of sp³-hybridized carbons (Fsp3) is 0.385. The predicted molar refractivity (Wildman–Crippen MR) is 91.0 cm³/mol. The van der Waals surface area contributed by atoms with Crippen LogP contribution in [-0.4, -0.2) is 36.6 Å². The first-order valence-electron chi connectivity index (χ1n) is 6.41. The molecule has 0 fully saturated rings. The predicted octanol–water partition coefficient (Wildman–Crippen LogP) is 2.69. The van der Waals surface area contributed by atoms with Crippen LogP contribution in [0.25, 0.3) is 0 Å². The van der Waals surface area contributed by atoms with Crippen LogP contribution >= 0.6 is 23.0 Å². The van der Waals surface area contributed by atoms with E-state index in [1.165, 1.54) is 19.1 Å². The molecule has 1 rings (SSSR count). The SMILES string of the molecule is CCN(CC)C(=S)SS(=O)(=O)c1ccc(NC(C)=O)cc1. The molecule has 1 N–H and O–H groups in total. The number of benzene rings is 1. The van der Waals surface area contributed by atoms with Crippen molar-refractivity contribution in [1.82, 2.24) is 4.90 Å². The molecule has 8 heteroatoms. The van der Waals surface area contributed by atoms with E-state index in [4.69, 9.17) is 12.2 Å². The number of carbonyl (C=O) groups excluding carboxylic acids is 1. The molecule has 0 aliphatic rings. The van der Waals surface area contributed by atoms with Gasteiger partial charge in [0.2, 0.25) is 14.8 Å². The molecule has 0 spiro atoms. The van der Waals surface area contributed by atoms with Crippen molar-refractivity contribution >= 4 is 47.8 Å². The summed E-state index contributed by atoms with van der Waals surface area (Å²) in [6, 6.07) is 6.02. The highest BCUT2D eigenvalue weighted by Gasteiger charge is 2.20. The Morgan fingerprint density at radius 1 is 1.24 bits per heavy atom. The molecule has 0 aliphatic carbocycles. The quantitative estimate of drug-likeness (QED) is 0.653. The van der Waals surface area contributed by atoms with E-state index in [0.717, 1.165) is 0 Å². The first-order valence-corrected chi connectivity index (χ1v) is 9.63. The molecule has 21 heavy (non-hydrogen) atoms. The minimum absolute atomic E-state index is 0.163. The Balaban J connectivity index is 2.88. The van der Waals surface area contributed by atoms with Crippen molar-refractivity contribution in [2.75, 3.05) is 18.4 Å². The third-order valence-corrected chi connectivity index (χ3v) is 6.67. The van der Waals surface area contributed by atoms with Crippen LogP contribution in [0.2, 0.25) is 0 Å². The first-order chi connectivity index (χ1) is 9.80. The highest BCUT2D eigenvalue weighted by atomic mass is 33.1. The maximum absolute atomic E-state index is 12.3. The Morgan fingerprint density at radius 2 is 1.76 bits per heavy atom. The third kappa shape index (κ3) is 5.29. The van der Waals surface area contributed by atoms with Gasteiger partial charge in [-0.2, -0.15) is 0 Å². The van der Waals surface area contributed by atoms with Gasteiger partial charge in [-0.15, -0.1) is 0 Å². The van der Waals surface area contributed by atoms with Crippen LogP contribution in [0.15, 0.2) is 29.2 Å². The molecule has 1 aromatic rings. The van der Waals surface area contributed by atoms with Crippen molar-refractivity contribution in [2.45, 2.75) is 25.7 Å². The Labute approximate surface area is 134 Å². The van der Waals surface area contributed by atoms with E-state index in [1.807, 2.05) is 18.7 Å². The number of carbonyl (C=O) groups is 1. The molecule has 0 aliphatic heterocycles. The number of nitrogens with one attached hydrogen (secondary N) is 1. The average molecular weight is 346 g/mol. The topological polar surface area (TPSA) is 66.5 Å². The van der Waals surface area contributed by atoms with Gasteiger partial charge in [-0.1, -0.05) is 12.2 Å². The summed E-state index contributed by atoms with van der Waals surface area (Å²) in [7, 11) is -2.87. The summed E-state index contributed by atoms with van der Waals surface area (Å²) in [5.74, 6) is -0.206. The molecule has 116 valence electrons. The van der Waals surface area contributed by atoms with E-state index >= 15 is 0 Å². The Morgan fingerprint density at radius 3 is 2.19 bits per heavy atom. The van der Waals surface area contributed by atoms with Crippen LogP contribution in [0.1, 0.15) is 20.8 Å². The molecule has 5 nitrogen and oxygen atoms in total. The molecule has 0 saturated heterocycles. The molecule has 0 aromatic heterocycles. The van der Waals surface area contributed by atoms with Crippen LogP contribution in [0.5, 0.6) is 0 Å². The molecular weight excluding hydrogens is 328 g/mol. The second-order valence-corrected chi connectivity index (χ2v) is 8.58. The number of rotatable bonds is 5. The van der Waals surface area contributed by atoms with Crippen molar-refractivity contribution in [2.24, 2.45) is 0 Å². The number of anilines is 1. The van der Waals surface area contributed by atoms with E-state index in [-0.39, 0.29) is 10.8 Å². The van der Waals surface area contributed by atoms with Gasteiger partial charge in [0.15, 0.2) is 4.32 Å². The van der Waals surface area contributed by atoms with E-state index in [9.17, 15) is 13.2 Å². The number of nitrogens with zero attached hydrogens (tertiary/aromatic N) is 1. The van der Waals surface area contributed by atoms with Gasteiger partial charge in [-0.3, -0.25) is 4.79 Å². The van der Waals surface area contributed by atoms with Gasteiger partial charge in [-0.25, -0.2) is 8.42 Å². The lowest BCUT2D eigenvalue weighted by molar-refractivity contribution is -0.114. The summed E-state index contributed by atoms with van der Waals surface area (Å²) in [6.45, 7) is 6.57. The van der Waals surface area contributed by atoms with Crippen molar-refractivity contribution in [3.8, 4) is 0 Å². The zero-order valence-electron chi connectivity index (χ0n) is 12.1. The molecule has 1 amide bonds. The van der Waals surface area contributed by atoms with Gasteiger partial charge in [0.25, 0.3) is 0 Å². The van der Waals surface area contributed by atoms with E-state index < -0.39 is 8.87 Å². The van der Waals surface area contributed by atoms with Crippen LogP contribution < -0.4 is 5.32 Å². The normalized spacial score (nSPS) is 11.0. The van der Waals surface area contributed by atoms with Crippen LogP contribution in [0.4, 0.5) is 5.69 Å². The molecule has 0 heterocycles. The largest absolute Gasteiger partial charge is 0.357 e. The van der Waals surface area contributed by atoms with Gasteiger partial charge in [0, 0.05) is 36.5 Å². The monoisotopic (exact) mass is 346 g/mol. The molecule has 1 aromatic carbocycles. The molecule has 0 saturated carbocycles. The fourth-order valence-corrected chi connectivity index (χ4v) is 5.27. The van der Waals surface area contributed by atoms with E-state index in [1.54, 1.807) is 12.1 Å². The van der Waals surface area contributed by atoms with Gasteiger partial charge in [0.1, 0.15) is 0 Å². The zero-order chi connectivity index (χ0) is 16.0. The van der Waals surface area contributed by atoms with Crippen molar-refractivity contribution in [3.05, 3.63) is 24.3 Å². The third-order valence-electron chi connectivity index (χ3n) is 2.67. The second-order valence-electron chi connectivity index (χ2n) is 4.18. The van der Waals surface area contributed by atoms with Gasteiger partial charge in [-0.05, 0) is 38.1 Å². The highest BCUT2D eigenvalue weighted by molar-refractivity contribution is 8.79. The summed E-state index contributed by atoms with van der Waals surface area (Å²) >= 11 is 5.16. The van der Waals surface area contributed by atoms with Gasteiger partial charge < -0.3 is 10.2 Å². The maximum atomic E-state index is 12.3. The maximum Gasteiger partial charge on any atom is 0.236 e. The lowest BCUT2D eigenvalue weighted by atomic mass is 10.3. The van der Waals surface area contributed by atoms with Gasteiger partial charge in [0.05, 0.1) is 4.90 Å². The Kier molecular flexibility index (Phi) is 6.63. The number of amides is 1. The number of thiocarbonyl (C=S) groups is 1. The second kappa shape index (κ2) is 7.77. The summed E-state index contributed by atoms with van der Waals surface area (Å²) in [5.41, 5.74) is 0.553. The van der Waals surface area contributed by atoms with Crippen LogP contribution in [-0.2, 0) is 13.7 Å². The first kappa shape index (κ1) is 17.9. The smallest absolute Gasteiger partial charge is 0.236 e. The van der Waals surface area contributed by atoms with Crippen molar-refractivity contribution < 1.29 is 13.2 Å². The summed E-state index contributed by atoms with van der Waals surface area (Å²) in [5, 5.41) is 2.59. The lowest BCUT2D eigenvalue weighted by Gasteiger charge is -2.20. The highest BCUT2D eigenvalue weighted by Crippen LogP contribution is 2.27. The number of hydrogen-bond acceptors (Lipinski definition) is 5. The fourth-order valence-electron chi connectivity index (χ4n) is 1.58. The van der Waals surface area contributed by atoms with Crippen molar-refractivity contribution in [1.29, 1.82) is 0 Å². The molecular formula is C13H18N2O3S3. The molecule has 0 bridgehead atoms. The Bertz CT molecular complexity index is 608. The summed E-state index contributed by atoms with van der Waals surface area (Å²) in [4.78, 5) is 12.9. The zero-order valence-corrected chi connectivity index (χ0v) is 14.6. The minimum Gasteiger partial charge on any atom is -0.357 e. The molecule has 0 unspecified atom stereocenters.